The van der Waals surface area contributed by atoms with Gasteiger partial charge in [0.15, 0.2) is 0 Å². The van der Waals surface area contributed by atoms with Gasteiger partial charge in [-0.2, -0.15) is 0 Å². The van der Waals surface area contributed by atoms with Crippen LogP contribution in [0.15, 0.2) is 0 Å². The Balaban J connectivity index is 4.07. The first-order valence-corrected chi connectivity index (χ1v) is 3.02. The highest BCUT2D eigenvalue weighted by atomic mass is 16.7. The summed E-state index contributed by atoms with van der Waals surface area (Å²) in [5.74, 6) is -1.24. The number of hydrogen-bond acceptors (Lipinski definition) is 5. The molecule has 0 aromatic rings. The third-order valence-corrected chi connectivity index (χ3v) is 1.13. The van der Waals surface area contributed by atoms with Crippen molar-refractivity contribution in [3.8, 4) is 0 Å². The van der Waals surface area contributed by atoms with Crippen molar-refractivity contribution in [2.45, 2.75) is 13.0 Å². The van der Waals surface area contributed by atoms with Gasteiger partial charge in [-0.05, 0) is 0 Å². The SMILES string of the molecule is CCN(CC(=O)O)C(O)(O)O. The first-order valence-electron chi connectivity index (χ1n) is 3.02. The van der Waals surface area contributed by atoms with E-state index in [0.29, 0.717) is 4.90 Å². The topological polar surface area (TPSA) is 101 Å². The van der Waals surface area contributed by atoms with E-state index in [-0.39, 0.29) is 6.54 Å². The van der Waals surface area contributed by atoms with Gasteiger partial charge in [-0.15, -0.1) is 0 Å². The average molecular weight is 165 g/mol. The number of carboxylic acid groups (broad SMARTS) is 1. The van der Waals surface area contributed by atoms with E-state index in [1.165, 1.54) is 6.92 Å². The quantitative estimate of drug-likeness (QED) is 0.359. The van der Waals surface area contributed by atoms with Gasteiger partial charge in [0.05, 0.1) is 0 Å². The van der Waals surface area contributed by atoms with Gasteiger partial charge >= 0.3 is 12.1 Å². The van der Waals surface area contributed by atoms with Crippen molar-refractivity contribution < 1.29 is 25.2 Å². The van der Waals surface area contributed by atoms with Crippen LogP contribution in [0.1, 0.15) is 6.92 Å². The van der Waals surface area contributed by atoms with E-state index in [4.69, 9.17) is 20.4 Å². The molecule has 0 fully saturated rings. The Labute approximate surface area is 63.3 Å². The Morgan fingerprint density at radius 2 is 1.91 bits per heavy atom. The van der Waals surface area contributed by atoms with Gasteiger partial charge in [0.1, 0.15) is 6.54 Å². The summed E-state index contributed by atoms with van der Waals surface area (Å²) < 4.78 is 0. The number of hydrogen-bond donors (Lipinski definition) is 4. The minimum atomic E-state index is -3.05. The second kappa shape index (κ2) is 3.63. The summed E-state index contributed by atoms with van der Waals surface area (Å²) in [6, 6.07) is 0. The fourth-order valence-corrected chi connectivity index (χ4v) is 0.593. The summed E-state index contributed by atoms with van der Waals surface area (Å²) in [6.07, 6.45) is -3.05. The molecule has 0 aliphatic heterocycles. The van der Waals surface area contributed by atoms with Crippen LogP contribution in [-0.4, -0.2) is 50.5 Å². The number of aliphatic hydroxyl groups is 3. The van der Waals surface area contributed by atoms with E-state index in [1.807, 2.05) is 0 Å². The zero-order valence-electron chi connectivity index (χ0n) is 6.06. The lowest BCUT2D eigenvalue weighted by atomic mass is 10.5. The molecule has 0 aliphatic rings. The minimum absolute atomic E-state index is 0.0236. The van der Waals surface area contributed by atoms with Crippen LogP contribution in [0, 0.1) is 0 Å². The van der Waals surface area contributed by atoms with Crippen molar-refractivity contribution in [3.63, 3.8) is 0 Å². The van der Waals surface area contributed by atoms with Crippen molar-refractivity contribution in [3.05, 3.63) is 0 Å². The van der Waals surface area contributed by atoms with Gasteiger partial charge in [-0.1, -0.05) is 6.92 Å². The summed E-state index contributed by atoms with van der Waals surface area (Å²) in [5, 5.41) is 33.7. The Morgan fingerprint density at radius 3 is 2.00 bits per heavy atom. The van der Waals surface area contributed by atoms with Crippen LogP contribution >= 0.6 is 0 Å². The molecule has 11 heavy (non-hydrogen) atoms. The predicted octanol–water partition coefficient (Wildman–Crippen LogP) is -2.02. The lowest BCUT2D eigenvalue weighted by Crippen LogP contribution is -2.50. The number of carbonyl (C=O) groups is 1. The highest BCUT2D eigenvalue weighted by molar-refractivity contribution is 5.69. The summed E-state index contributed by atoms with van der Waals surface area (Å²) in [6.45, 7) is 0.885. The van der Waals surface area contributed by atoms with Gasteiger partial charge in [0.25, 0.3) is 0 Å². The maximum atomic E-state index is 10.0. The van der Waals surface area contributed by atoms with Gasteiger partial charge < -0.3 is 20.4 Å². The number of carboxylic acids is 1. The second-order valence-electron chi connectivity index (χ2n) is 2.01. The molecule has 0 rings (SSSR count). The van der Waals surface area contributed by atoms with E-state index in [2.05, 4.69) is 0 Å². The van der Waals surface area contributed by atoms with E-state index in [0.717, 1.165) is 0 Å². The Kier molecular flexibility index (Phi) is 3.40. The first kappa shape index (κ1) is 10.3. The lowest BCUT2D eigenvalue weighted by Gasteiger charge is -2.26. The van der Waals surface area contributed by atoms with Crippen LogP contribution in [0.2, 0.25) is 0 Å². The van der Waals surface area contributed by atoms with Crippen LogP contribution in [0.3, 0.4) is 0 Å². The molecule has 66 valence electrons. The van der Waals surface area contributed by atoms with Crippen LogP contribution in [0.25, 0.3) is 0 Å². The summed E-state index contributed by atoms with van der Waals surface area (Å²) in [4.78, 5) is 10.6. The summed E-state index contributed by atoms with van der Waals surface area (Å²) >= 11 is 0. The number of rotatable bonds is 4. The molecular formula is C5H11NO5. The predicted molar refractivity (Wildman–Crippen MR) is 34.3 cm³/mol. The van der Waals surface area contributed by atoms with Crippen molar-refractivity contribution in [2.24, 2.45) is 0 Å². The van der Waals surface area contributed by atoms with Crippen LogP contribution in [-0.2, 0) is 4.79 Å². The van der Waals surface area contributed by atoms with Crippen molar-refractivity contribution in [1.82, 2.24) is 4.90 Å². The number of nitrogens with zero attached hydrogens (tertiary/aromatic N) is 1. The maximum absolute atomic E-state index is 10.0. The van der Waals surface area contributed by atoms with Crippen molar-refractivity contribution >= 4 is 5.97 Å². The normalized spacial score (nSPS) is 12.1. The van der Waals surface area contributed by atoms with Gasteiger partial charge in [0, 0.05) is 6.54 Å². The molecule has 0 saturated carbocycles. The van der Waals surface area contributed by atoms with E-state index in [1.54, 1.807) is 0 Å². The molecule has 0 amide bonds. The fraction of sp³-hybridized carbons (Fsp3) is 0.800. The minimum Gasteiger partial charge on any atom is -0.480 e. The molecule has 0 heterocycles. The standard InChI is InChI=1S/C5H11NO5/c1-2-6(3-4(7)8)5(9,10)11/h9-11H,2-3H2,1H3,(H,7,8). The fourth-order valence-electron chi connectivity index (χ4n) is 0.593. The molecule has 0 atom stereocenters. The third-order valence-electron chi connectivity index (χ3n) is 1.13. The van der Waals surface area contributed by atoms with Gasteiger partial charge in [-0.3, -0.25) is 4.79 Å². The Morgan fingerprint density at radius 1 is 1.45 bits per heavy atom. The molecule has 6 heteroatoms. The molecular weight excluding hydrogens is 154 g/mol. The molecule has 0 aliphatic carbocycles. The molecule has 0 saturated heterocycles. The zero-order chi connectivity index (χ0) is 9.07. The van der Waals surface area contributed by atoms with E-state index in [9.17, 15) is 4.79 Å². The molecule has 0 aromatic carbocycles. The Hall–Kier alpha value is -0.690. The van der Waals surface area contributed by atoms with Crippen molar-refractivity contribution in [2.75, 3.05) is 13.1 Å². The Bertz CT molecular complexity index is 140. The van der Waals surface area contributed by atoms with Gasteiger partial charge in [0.2, 0.25) is 0 Å². The second-order valence-corrected chi connectivity index (χ2v) is 2.01. The monoisotopic (exact) mass is 165 g/mol. The van der Waals surface area contributed by atoms with Crippen LogP contribution < -0.4 is 0 Å². The molecule has 0 radical (unpaired) electrons. The van der Waals surface area contributed by atoms with Crippen LogP contribution in [0.4, 0.5) is 0 Å². The lowest BCUT2D eigenvalue weighted by molar-refractivity contribution is -0.391. The highest BCUT2D eigenvalue weighted by Crippen LogP contribution is 2.01. The van der Waals surface area contributed by atoms with Crippen molar-refractivity contribution in [1.29, 1.82) is 0 Å². The number of likely N-dealkylation sites (N-methyl/N-ethyl adjacent to an activating group) is 1. The third kappa shape index (κ3) is 3.89. The first-order chi connectivity index (χ1) is 4.88. The molecule has 0 spiro atoms. The van der Waals surface area contributed by atoms with E-state index < -0.39 is 18.6 Å². The molecule has 0 aromatic heterocycles. The molecule has 0 bridgehead atoms. The smallest absolute Gasteiger partial charge is 0.346 e. The molecule has 0 unspecified atom stereocenters. The summed E-state index contributed by atoms with van der Waals surface area (Å²) in [7, 11) is 0. The zero-order valence-corrected chi connectivity index (χ0v) is 6.06. The summed E-state index contributed by atoms with van der Waals surface area (Å²) in [5.41, 5.74) is 0. The highest BCUT2D eigenvalue weighted by Gasteiger charge is 2.29. The molecule has 6 nitrogen and oxygen atoms in total. The van der Waals surface area contributed by atoms with E-state index >= 15 is 0 Å². The maximum Gasteiger partial charge on any atom is 0.346 e. The van der Waals surface area contributed by atoms with Gasteiger partial charge in [-0.25, -0.2) is 4.90 Å². The van der Waals surface area contributed by atoms with Crippen LogP contribution in [0.5, 0.6) is 0 Å². The molecule has 4 N–H and O–H groups in total. The average Bonchev–Trinajstić information content (AvgIpc) is 1.79. The largest absolute Gasteiger partial charge is 0.480 e. The number of aliphatic carboxylic acids is 1.